The Balaban J connectivity index is 1.75. The minimum atomic E-state index is -0.511. The van der Waals surface area contributed by atoms with Crippen molar-refractivity contribution in [2.45, 2.75) is 6.61 Å². The number of alkyl carbamates (subject to hydrolysis) is 1. The highest BCUT2D eigenvalue weighted by Crippen LogP contribution is 2.16. The number of ether oxygens (including phenoxy) is 1. The molecule has 2 aromatic carbocycles. The average Bonchev–Trinajstić information content (AvgIpc) is 2.53. The average molecular weight is 364 g/mol. The number of nitrogens with one attached hydrogen (secondary N) is 1. The van der Waals surface area contributed by atoms with Crippen LogP contribution in [0.5, 0.6) is 0 Å². The molecular formula is C17H15BrFNO2. The van der Waals surface area contributed by atoms with E-state index in [4.69, 9.17) is 4.74 Å². The number of amides is 1. The van der Waals surface area contributed by atoms with Gasteiger partial charge in [-0.3, -0.25) is 0 Å². The van der Waals surface area contributed by atoms with Crippen molar-refractivity contribution in [1.82, 2.24) is 5.32 Å². The molecule has 22 heavy (non-hydrogen) atoms. The van der Waals surface area contributed by atoms with Gasteiger partial charge in [-0.25, -0.2) is 9.18 Å². The lowest BCUT2D eigenvalue weighted by molar-refractivity contribution is 0.141. The predicted octanol–water partition coefficient (Wildman–Crippen LogP) is 4.53. The van der Waals surface area contributed by atoms with Crippen LogP contribution in [-0.4, -0.2) is 12.6 Å². The van der Waals surface area contributed by atoms with E-state index in [0.717, 1.165) is 10.0 Å². The number of benzene rings is 2. The lowest BCUT2D eigenvalue weighted by atomic mass is 10.2. The fraction of sp³-hybridized carbons (Fsp3) is 0.118. The van der Waals surface area contributed by atoms with Crippen LogP contribution in [0.4, 0.5) is 9.18 Å². The van der Waals surface area contributed by atoms with Crippen molar-refractivity contribution in [3.8, 4) is 0 Å². The number of carbonyl (C=O) groups excluding carboxylic acids is 1. The maximum absolute atomic E-state index is 13.5. The Morgan fingerprint density at radius 3 is 2.77 bits per heavy atom. The van der Waals surface area contributed by atoms with Gasteiger partial charge in [0.25, 0.3) is 0 Å². The molecule has 1 N–H and O–H groups in total. The molecule has 0 heterocycles. The predicted molar refractivity (Wildman–Crippen MR) is 87.8 cm³/mol. The van der Waals surface area contributed by atoms with E-state index in [-0.39, 0.29) is 19.0 Å². The molecule has 0 aliphatic carbocycles. The first-order chi connectivity index (χ1) is 10.6. The zero-order chi connectivity index (χ0) is 15.8. The maximum atomic E-state index is 13.5. The summed E-state index contributed by atoms with van der Waals surface area (Å²) in [5, 5.41) is 2.58. The van der Waals surface area contributed by atoms with Crippen molar-refractivity contribution in [3.63, 3.8) is 0 Å². The van der Waals surface area contributed by atoms with Gasteiger partial charge in [0.15, 0.2) is 0 Å². The SMILES string of the molecule is O=C(NCC=Cc1cc(Br)ccc1F)OCc1ccccc1. The van der Waals surface area contributed by atoms with Crippen molar-refractivity contribution >= 4 is 28.1 Å². The molecule has 0 aliphatic heterocycles. The minimum Gasteiger partial charge on any atom is -0.445 e. The van der Waals surface area contributed by atoms with Crippen molar-refractivity contribution < 1.29 is 13.9 Å². The van der Waals surface area contributed by atoms with Crippen LogP contribution in [0.3, 0.4) is 0 Å². The van der Waals surface area contributed by atoms with E-state index >= 15 is 0 Å². The summed E-state index contributed by atoms with van der Waals surface area (Å²) in [7, 11) is 0. The highest BCUT2D eigenvalue weighted by atomic mass is 79.9. The van der Waals surface area contributed by atoms with E-state index in [1.807, 2.05) is 30.3 Å². The first kappa shape index (κ1) is 16.2. The second kappa shape index (κ2) is 8.34. The number of hydrogen-bond acceptors (Lipinski definition) is 2. The molecule has 1 amide bonds. The van der Waals surface area contributed by atoms with Crippen molar-refractivity contribution in [2.75, 3.05) is 6.54 Å². The molecular weight excluding hydrogens is 349 g/mol. The summed E-state index contributed by atoms with van der Waals surface area (Å²) < 4.78 is 19.3. The van der Waals surface area contributed by atoms with Gasteiger partial charge < -0.3 is 10.1 Å². The molecule has 0 saturated heterocycles. The molecule has 5 heteroatoms. The molecule has 3 nitrogen and oxygen atoms in total. The van der Waals surface area contributed by atoms with Crippen LogP contribution in [-0.2, 0) is 11.3 Å². The van der Waals surface area contributed by atoms with Crippen LogP contribution < -0.4 is 5.32 Å². The fourth-order valence-corrected chi connectivity index (χ4v) is 2.12. The zero-order valence-electron chi connectivity index (χ0n) is 11.8. The molecule has 0 spiro atoms. The molecule has 0 bridgehead atoms. The van der Waals surface area contributed by atoms with Gasteiger partial charge in [0, 0.05) is 16.6 Å². The van der Waals surface area contributed by atoms with Crippen LogP contribution in [0, 0.1) is 5.82 Å². The van der Waals surface area contributed by atoms with Gasteiger partial charge in [-0.15, -0.1) is 0 Å². The molecule has 0 radical (unpaired) electrons. The normalized spacial score (nSPS) is 10.6. The highest BCUT2D eigenvalue weighted by molar-refractivity contribution is 9.10. The Morgan fingerprint density at radius 2 is 2.00 bits per heavy atom. The third-order valence-electron chi connectivity index (χ3n) is 2.83. The number of carbonyl (C=O) groups is 1. The Hall–Kier alpha value is -2.14. The summed E-state index contributed by atoms with van der Waals surface area (Å²) in [4.78, 5) is 11.5. The molecule has 2 aromatic rings. The molecule has 0 aromatic heterocycles. The highest BCUT2D eigenvalue weighted by Gasteiger charge is 2.01. The van der Waals surface area contributed by atoms with Crippen LogP contribution in [0.25, 0.3) is 6.08 Å². The van der Waals surface area contributed by atoms with E-state index < -0.39 is 6.09 Å². The lowest BCUT2D eigenvalue weighted by Gasteiger charge is -2.05. The van der Waals surface area contributed by atoms with Crippen molar-refractivity contribution in [1.29, 1.82) is 0 Å². The maximum Gasteiger partial charge on any atom is 0.407 e. The first-order valence-corrected chi connectivity index (χ1v) is 7.50. The summed E-state index contributed by atoms with van der Waals surface area (Å²) in [5.74, 6) is -0.314. The van der Waals surface area contributed by atoms with E-state index in [0.29, 0.717) is 5.56 Å². The lowest BCUT2D eigenvalue weighted by Crippen LogP contribution is -2.24. The van der Waals surface area contributed by atoms with E-state index in [9.17, 15) is 9.18 Å². The van der Waals surface area contributed by atoms with E-state index in [1.165, 1.54) is 6.07 Å². The molecule has 0 atom stereocenters. The largest absolute Gasteiger partial charge is 0.445 e. The fourth-order valence-electron chi connectivity index (χ4n) is 1.74. The third-order valence-corrected chi connectivity index (χ3v) is 3.33. The van der Waals surface area contributed by atoms with Gasteiger partial charge in [0.05, 0.1) is 0 Å². The van der Waals surface area contributed by atoms with E-state index in [1.54, 1.807) is 24.3 Å². The second-order valence-corrected chi connectivity index (χ2v) is 5.43. The monoisotopic (exact) mass is 363 g/mol. The first-order valence-electron chi connectivity index (χ1n) is 6.71. The summed E-state index contributed by atoms with van der Waals surface area (Å²) in [6, 6.07) is 14.1. The quantitative estimate of drug-likeness (QED) is 0.847. The zero-order valence-corrected chi connectivity index (χ0v) is 13.3. The van der Waals surface area contributed by atoms with Gasteiger partial charge in [0.1, 0.15) is 12.4 Å². The Kier molecular flexibility index (Phi) is 6.15. The van der Waals surface area contributed by atoms with Crippen LogP contribution in [0.2, 0.25) is 0 Å². The molecule has 0 fully saturated rings. The van der Waals surface area contributed by atoms with Gasteiger partial charge in [-0.05, 0) is 23.8 Å². The second-order valence-electron chi connectivity index (χ2n) is 4.51. The Bertz CT molecular complexity index is 659. The summed E-state index contributed by atoms with van der Waals surface area (Å²) in [6.07, 6.45) is 2.76. The molecule has 2 rings (SSSR count). The van der Waals surface area contributed by atoms with Crippen molar-refractivity contribution in [2.24, 2.45) is 0 Å². The Morgan fingerprint density at radius 1 is 1.23 bits per heavy atom. The van der Waals surface area contributed by atoms with Crippen LogP contribution >= 0.6 is 15.9 Å². The summed E-state index contributed by atoms with van der Waals surface area (Å²) in [5.41, 5.74) is 1.37. The van der Waals surface area contributed by atoms with E-state index in [2.05, 4.69) is 21.2 Å². The van der Waals surface area contributed by atoms with Gasteiger partial charge in [-0.1, -0.05) is 58.4 Å². The van der Waals surface area contributed by atoms with Gasteiger partial charge >= 0.3 is 6.09 Å². The molecule has 0 saturated carbocycles. The van der Waals surface area contributed by atoms with Crippen molar-refractivity contribution in [3.05, 3.63) is 76.0 Å². The molecule has 0 aliphatic rings. The summed E-state index contributed by atoms with van der Waals surface area (Å²) >= 11 is 3.28. The number of hydrogen-bond donors (Lipinski definition) is 1. The third kappa shape index (κ3) is 5.33. The summed E-state index contributed by atoms with van der Waals surface area (Å²) in [6.45, 7) is 0.482. The van der Waals surface area contributed by atoms with Gasteiger partial charge in [0.2, 0.25) is 0 Å². The number of halogens is 2. The van der Waals surface area contributed by atoms with Gasteiger partial charge in [-0.2, -0.15) is 0 Å². The minimum absolute atomic E-state index is 0.219. The van der Waals surface area contributed by atoms with Crippen LogP contribution in [0.1, 0.15) is 11.1 Å². The standard InChI is InChI=1S/C17H15BrFNO2/c18-15-8-9-16(19)14(11-15)7-4-10-20-17(21)22-12-13-5-2-1-3-6-13/h1-9,11H,10,12H2,(H,20,21). The molecule has 114 valence electrons. The molecule has 0 unspecified atom stereocenters. The topological polar surface area (TPSA) is 38.3 Å². The number of rotatable bonds is 5. The Labute approximate surface area is 136 Å². The smallest absolute Gasteiger partial charge is 0.407 e. The van der Waals surface area contributed by atoms with Crippen LogP contribution in [0.15, 0.2) is 59.1 Å².